The zero-order valence-electron chi connectivity index (χ0n) is 15.9. The molecule has 31 heavy (non-hydrogen) atoms. The highest BCUT2D eigenvalue weighted by Crippen LogP contribution is 2.34. The zero-order valence-corrected chi connectivity index (χ0v) is 16.7. The van der Waals surface area contributed by atoms with Gasteiger partial charge in [0.2, 0.25) is 5.91 Å². The minimum absolute atomic E-state index is 0.110. The largest absolute Gasteiger partial charge is 0.454 e. The number of halogens is 3. The molecule has 1 aromatic heterocycles. The predicted molar refractivity (Wildman–Crippen MR) is 105 cm³/mol. The lowest BCUT2D eigenvalue weighted by atomic mass is 10.1. The van der Waals surface area contributed by atoms with E-state index in [4.69, 9.17) is 4.74 Å². The highest BCUT2D eigenvalue weighted by molar-refractivity contribution is 7.90. The smallest absolute Gasteiger partial charge is 0.225 e. The average molecular weight is 448 g/mol. The minimum Gasteiger partial charge on any atom is -0.454 e. The third-order valence-electron chi connectivity index (χ3n) is 4.70. The monoisotopic (exact) mass is 448 g/mol. The summed E-state index contributed by atoms with van der Waals surface area (Å²) in [6, 6.07) is 7.44. The molecule has 2 heterocycles. The van der Waals surface area contributed by atoms with E-state index in [0.717, 1.165) is 18.2 Å². The van der Waals surface area contributed by atoms with Gasteiger partial charge in [0.25, 0.3) is 0 Å². The summed E-state index contributed by atoms with van der Waals surface area (Å²) in [5.74, 6) is -3.49. The van der Waals surface area contributed by atoms with Gasteiger partial charge in [-0.2, -0.15) is 0 Å². The Bertz CT molecular complexity index is 1300. The molecule has 1 aliphatic heterocycles. The van der Waals surface area contributed by atoms with E-state index >= 15 is 0 Å². The number of pyridine rings is 1. The molecule has 0 saturated carbocycles. The van der Waals surface area contributed by atoms with Crippen LogP contribution in [0.25, 0.3) is 0 Å². The summed E-state index contributed by atoms with van der Waals surface area (Å²) in [4.78, 5) is 15.2. The molecule has 0 aliphatic carbocycles. The number of sulfone groups is 1. The van der Waals surface area contributed by atoms with Gasteiger partial charge in [0.1, 0.15) is 11.6 Å². The van der Waals surface area contributed by atoms with Crippen molar-refractivity contribution in [3.63, 3.8) is 0 Å². The Kier molecular flexibility index (Phi) is 5.40. The molecule has 0 saturated heterocycles. The number of fused-ring (bicyclic) bond motifs is 1. The maximum atomic E-state index is 14.6. The Hall–Kier alpha value is -3.40. The molecule has 160 valence electrons. The first-order valence-electron chi connectivity index (χ1n) is 9.15. The number of benzene rings is 2. The molecule has 0 radical (unpaired) electrons. The number of nitrogens with zero attached hydrogens (tertiary/aromatic N) is 1. The van der Waals surface area contributed by atoms with Gasteiger partial charge in [-0.3, -0.25) is 4.79 Å². The molecule has 0 bridgehead atoms. The number of rotatable bonds is 5. The van der Waals surface area contributed by atoms with E-state index in [2.05, 4.69) is 10.3 Å². The number of nitrogens with one attached hydrogen (secondary N) is 1. The minimum atomic E-state index is -4.02. The van der Waals surface area contributed by atoms with Crippen LogP contribution in [0.5, 0.6) is 11.5 Å². The van der Waals surface area contributed by atoms with Crippen molar-refractivity contribution in [2.75, 3.05) is 5.32 Å². The topological polar surface area (TPSA) is 85.4 Å². The Morgan fingerprint density at radius 3 is 2.48 bits per heavy atom. The van der Waals surface area contributed by atoms with E-state index in [9.17, 15) is 26.4 Å². The van der Waals surface area contributed by atoms with Crippen molar-refractivity contribution in [2.45, 2.75) is 23.5 Å². The van der Waals surface area contributed by atoms with E-state index < -0.39 is 37.9 Å². The maximum Gasteiger partial charge on any atom is 0.225 e. The first-order valence-corrected chi connectivity index (χ1v) is 10.8. The first-order chi connectivity index (χ1) is 14.7. The van der Waals surface area contributed by atoms with E-state index in [1.54, 1.807) is 0 Å². The lowest BCUT2D eigenvalue weighted by Crippen LogP contribution is -2.20. The molecule has 6 nitrogen and oxygen atoms in total. The van der Waals surface area contributed by atoms with E-state index in [-0.39, 0.29) is 23.6 Å². The lowest BCUT2D eigenvalue weighted by molar-refractivity contribution is -0.116. The second-order valence-electron chi connectivity index (χ2n) is 6.89. The van der Waals surface area contributed by atoms with Gasteiger partial charge in [-0.05, 0) is 48.4 Å². The number of carbonyl (C=O) groups is 1. The van der Waals surface area contributed by atoms with Crippen molar-refractivity contribution in [2.24, 2.45) is 0 Å². The molecule has 10 heteroatoms. The fourth-order valence-electron chi connectivity index (χ4n) is 3.16. The Morgan fingerprint density at radius 2 is 1.74 bits per heavy atom. The Balaban J connectivity index is 1.56. The lowest BCUT2D eigenvalue weighted by Gasteiger charge is -2.19. The van der Waals surface area contributed by atoms with Crippen LogP contribution in [0.3, 0.4) is 0 Å². The zero-order chi connectivity index (χ0) is 22.2. The summed E-state index contributed by atoms with van der Waals surface area (Å²) in [6.45, 7) is 0. The van der Waals surface area contributed by atoms with Gasteiger partial charge in [-0.1, -0.05) is 6.07 Å². The fraction of sp³-hybridized carbons (Fsp3) is 0.143. The highest BCUT2D eigenvalue weighted by atomic mass is 32.2. The number of amides is 1. The van der Waals surface area contributed by atoms with Gasteiger partial charge in [-0.15, -0.1) is 0 Å². The molecule has 4 rings (SSSR count). The number of anilines is 1. The number of ether oxygens (including phenoxy) is 1. The quantitative estimate of drug-likeness (QED) is 0.593. The van der Waals surface area contributed by atoms with Gasteiger partial charge in [0, 0.05) is 18.2 Å². The Morgan fingerprint density at radius 1 is 0.935 bits per heavy atom. The third kappa shape index (κ3) is 4.38. The number of hydrogen-bond donors (Lipinski definition) is 1. The molecule has 3 aromatic rings. The summed E-state index contributed by atoms with van der Waals surface area (Å²) in [5, 5.41) is 2.62. The van der Waals surface area contributed by atoms with Crippen LogP contribution in [-0.2, 0) is 26.8 Å². The van der Waals surface area contributed by atoms with Crippen molar-refractivity contribution >= 4 is 21.6 Å². The van der Waals surface area contributed by atoms with Crippen molar-refractivity contribution in [1.82, 2.24) is 4.98 Å². The maximum absolute atomic E-state index is 14.6. The molecule has 0 spiro atoms. The standard InChI is InChI=1S/C21H15F3N2O4S/c22-15-4-2-13(10-16(15)23)31(28,29)11-12-1-5-19(17(24)9-12)30-18-7-8-25-21-14(18)3-6-20(27)26-21/h1-2,4-5,7-10H,3,6,11H2,(H,25,26,27). The summed E-state index contributed by atoms with van der Waals surface area (Å²) >= 11 is 0. The molecule has 2 aromatic carbocycles. The van der Waals surface area contributed by atoms with Crippen LogP contribution >= 0.6 is 0 Å². The molecular weight excluding hydrogens is 433 g/mol. The fourth-order valence-corrected chi connectivity index (χ4v) is 4.50. The van der Waals surface area contributed by atoms with Crippen LogP contribution in [0, 0.1) is 17.5 Å². The molecule has 0 atom stereocenters. The Labute approximate surface area is 175 Å². The van der Waals surface area contributed by atoms with E-state index in [1.807, 2.05) is 0 Å². The van der Waals surface area contributed by atoms with Crippen LogP contribution in [0.2, 0.25) is 0 Å². The van der Waals surface area contributed by atoms with Crippen molar-refractivity contribution in [3.05, 3.63) is 77.2 Å². The molecule has 0 fully saturated rings. The molecule has 1 amide bonds. The summed E-state index contributed by atoms with van der Waals surface area (Å²) in [7, 11) is -4.02. The van der Waals surface area contributed by atoms with Crippen LogP contribution < -0.4 is 10.1 Å². The normalized spacial score (nSPS) is 13.5. The molecule has 1 N–H and O–H groups in total. The van der Waals surface area contributed by atoms with E-state index in [0.29, 0.717) is 29.6 Å². The highest BCUT2D eigenvalue weighted by Gasteiger charge is 2.22. The average Bonchev–Trinajstić information content (AvgIpc) is 2.71. The van der Waals surface area contributed by atoms with Gasteiger partial charge < -0.3 is 10.1 Å². The van der Waals surface area contributed by atoms with Crippen molar-refractivity contribution in [1.29, 1.82) is 0 Å². The van der Waals surface area contributed by atoms with Crippen molar-refractivity contribution < 1.29 is 31.1 Å². The van der Waals surface area contributed by atoms with Crippen molar-refractivity contribution in [3.8, 4) is 11.5 Å². The molecular formula is C21H15F3N2O4S. The SMILES string of the molecule is O=C1CCc2c(Oc3ccc(CS(=O)(=O)c4ccc(F)c(F)c4)cc3F)ccnc2N1. The number of carbonyl (C=O) groups excluding carboxylic acids is 1. The van der Waals surface area contributed by atoms with Crippen LogP contribution in [0.15, 0.2) is 53.6 Å². The van der Waals surface area contributed by atoms with Gasteiger partial charge in [0.05, 0.1) is 10.6 Å². The summed E-state index contributed by atoms with van der Waals surface area (Å²) < 4.78 is 71.6. The first kappa shape index (κ1) is 20.9. The van der Waals surface area contributed by atoms with E-state index in [1.165, 1.54) is 24.4 Å². The van der Waals surface area contributed by atoms with Crippen LogP contribution in [-0.4, -0.2) is 19.3 Å². The summed E-state index contributed by atoms with van der Waals surface area (Å²) in [6.07, 6.45) is 2.05. The van der Waals surface area contributed by atoms with Crippen LogP contribution in [0.4, 0.5) is 19.0 Å². The van der Waals surface area contributed by atoms with Gasteiger partial charge in [-0.25, -0.2) is 26.6 Å². The third-order valence-corrected chi connectivity index (χ3v) is 6.38. The second kappa shape index (κ2) is 8.03. The predicted octanol–water partition coefficient (Wildman–Crippen LogP) is 4.15. The van der Waals surface area contributed by atoms with Gasteiger partial charge in [0.15, 0.2) is 33.0 Å². The second-order valence-corrected chi connectivity index (χ2v) is 8.88. The summed E-state index contributed by atoms with van der Waals surface area (Å²) in [5.41, 5.74) is 0.741. The number of hydrogen-bond acceptors (Lipinski definition) is 5. The van der Waals surface area contributed by atoms with Crippen LogP contribution in [0.1, 0.15) is 17.5 Å². The molecule has 1 aliphatic rings. The molecule has 0 unspecified atom stereocenters. The van der Waals surface area contributed by atoms with Gasteiger partial charge >= 0.3 is 0 Å². The number of aromatic nitrogens is 1.